The number of carbonyl (C=O) groups is 1. The molecule has 0 unspecified atom stereocenters. The Morgan fingerprint density at radius 1 is 1.22 bits per heavy atom. The molecule has 3 heterocycles. The average Bonchev–Trinajstić information content (AvgIpc) is 3.06. The SMILES string of the molecule is COC(=O)[C@H]1[C@@H]2c3ccccc3O[C@@]1(C)N=c1s/c(=C/c3ccc(C(C)C)cc3)c(=O)n12. The van der Waals surface area contributed by atoms with Gasteiger partial charge >= 0.3 is 5.97 Å². The molecule has 6 nitrogen and oxygen atoms in total. The van der Waals surface area contributed by atoms with Crippen LogP contribution in [0.4, 0.5) is 0 Å². The Balaban J connectivity index is 1.72. The van der Waals surface area contributed by atoms with Gasteiger partial charge < -0.3 is 9.47 Å². The average molecular weight is 449 g/mol. The number of hydrogen-bond acceptors (Lipinski definition) is 6. The summed E-state index contributed by atoms with van der Waals surface area (Å²) in [4.78, 5) is 31.7. The maximum atomic E-state index is 13.6. The largest absolute Gasteiger partial charge is 0.469 e. The van der Waals surface area contributed by atoms with Gasteiger partial charge in [0.25, 0.3) is 5.56 Å². The number of aromatic nitrogens is 1. The number of rotatable bonds is 3. The lowest BCUT2D eigenvalue weighted by atomic mass is 9.81. The van der Waals surface area contributed by atoms with Crippen LogP contribution in [-0.4, -0.2) is 23.4 Å². The summed E-state index contributed by atoms with van der Waals surface area (Å²) in [6.07, 6.45) is 1.88. The van der Waals surface area contributed by atoms with E-state index in [1.165, 1.54) is 24.0 Å². The van der Waals surface area contributed by atoms with Gasteiger partial charge in [0.2, 0.25) is 5.72 Å². The van der Waals surface area contributed by atoms with Crippen molar-refractivity contribution in [3.63, 3.8) is 0 Å². The number of fused-ring (bicyclic) bond motifs is 6. The first kappa shape index (κ1) is 20.7. The zero-order chi connectivity index (χ0) is 22.6. The second kappa shape index (κ2) is 7.45. The Morgan fingerprint density at radius 3 is 2.62 bits per heavy atom. The Kier molecular flexibility index (Phi) is 4.82. The third-order valence-corrected chi connectivity index (χ3v) is 7.22. The molecule has 2 aliphatic rings. The summed E-state index contributed by atoms with van der Waals surface area (Å²) in [5.74, 6) is -0.143. The molecule has 164 valence electrons. The lowest BCUT2D eigenvalue weighted by molar-refractivity contribution is -0.158. The van der Waals surface area contributed by atoms with E-state index in [2.05, 4.69) is 26.0 Å². The highest BCUT2D eigenvalue weighted by atomic mass is 32.1. The minimum atomic E-state index is -1.15. The van der Waals surface area contributed by atoms with Gasteiger partial charge in [-0.1, -0.05) is 67.6 Å². The molecule has 1 aromatic heterocycles. The van der Waals surface area contributed by atoms with E-state index >= 15 is 0 Å². The smallest absolute Gasteiger partial charge is 0.317 e. The minimum Gasteiger partial charge on any atom is -0.469 e. The standard InChI is InChI=1S/C25H24N2O4S/c1-14(2)16-11-9-15(10-12-16)13-19-22(28)27-21-17-7-5-6-8-18(17)31-25(3,26-24(27)32-19)20(21)23(29)30-4/h5-14,20-21H,1-4H3/b19-13+/t20-,21+,25-/m1/s1. The molecule has 3 aromatic rings. The van der Waals surface area contributed by atoms with Gasteiger partial charge in [-0.05, 0) is 36.1 Å². The van der Waals surface area contributed by atoms with Crippen LogP contribution in [0.25, 0.3) is 6.08 Å². The lowest BCUT2D eigenvalue weighted by Crippen LogP contribution is -2.58. The molecule has 0 aliphatic carbocycles. The molecule has 0 saturated carbocycles. The van der Waals surface area contributed by atoms with E-state index in [9.17, 15) is 9.59 Å². The number of methoxy groups -OCH3 is 1. The van der Waals surface area contributed by atoms with Gasteiger partial charge in [0.15, 0.2) is 4.80 Å². The first-order valence-electron chi connectivity index (χ1n) is 10.6. The first-order chi connectivity index (χ1) is 15.3. The second-order valence-corrected chi connectivity index (χ2v) is 9.65. The zero-order valence-electron chi connectivity index (χ0n) is 18.4. The van der Waals surface area contributed by atoms with Crippen molar-refractivity contribution in [1.82, 2.24) is 4.57 Å². The van der Waals surface area contributed by atoms with Crippen LogP contribution in [0.1, 0.15) is 49.4 Å². The summed E-state index contributed by atoms with van der Waals surface area (Å²) in [5.41, 5.74) is 1.65. The number of nitrogens with zero attached hydrogens (tertiary/aromatic N) is 2. The molecule has 0 radical (unpaired) electrons. The fraction of sp³-hybridized carbons (Fsp3) is 0.320. The van der Waals surface area contributed by atoms with Crippen molar-refractivity contribution >= 4 is 23.4 Å². The molecule has 3 atom stereocenters. The van der Waals surface area contributed by atoms with Gasteiger partial charge in [-0.25, -0.2) is 4.99 Å². The number of esters is 1. The maximum Gasteiger partial charge on any atom is 0.317 e. The molecule has 0 N–H and O–H groups in total. The lowest BCUT2D eigenvalue weighted by Gasteiger charge is -2.44. The van der Waals surface area contributed by atoms with Crippen molar-refractivity contribution in [2.45, 2.75) is 38.5 Å². The normalized spacial score (nSPS) is 23.7. The summed E-state index contributed by atoms with van der Waals surface area (Å²) in [6, 6.07) is 15.1. The second-order valence-electron chi connectivity index (χ2n) is 8.64. The third kappa shape index (κ3) is 3.11. The Morgan fingerprint density at radius 2 is 1.94 bits per heavy atom. The van der Waals surface area contributed by atoms with Gasteiger partial charge in [0.1, 0.15) is 11.7 Å². The van der Waals surface area contributed by atoms with Gasteiger partial charge in [0, 0.05) is 5.56 Å². The monoisotopic (exact) mass is 448 g/mol. The van der Waals surface area contributed by atoms with E-state index in [0.717, 1.165) is 11.1 Å². The molecule has 0 amide bonds. The van der Waals surface area contributed by atoms with E-state index in [0.29, 0.717) is 21.0 Å². The van der Waals surface area contributed by atoms with Crippen molar-refractivity contribution in [3.05, 3.63) is 84.9 Å². The van der Waals surface area contributed by atoms with Crippen LogP contribution in [0, 0.1) is 5.92 Å². The van der Waals surface area contributed by atoms with E-state index in [1.54, 1.807) is 11.5 Å². The number of hydrogen-bond donors (Lipinski definition) is 0. The zero-order valence-corrected chi connectivity index (χ0v) is 19.2. The number of para-hydroxylation sites is 1. The summed E-state index contributed by atoms with van der Waals surface area (Å²) < 4.78 is 13.5. The Hall–Kier alpha value is -3.19. The molecular formula is C25H24N2O4S. The molecule has 2 aromatic carbocycles. The van der Waals surface area contributed by atoms with Crippen molar-refractivity contribution < 1.29 is 14.3 Å². The molecule has 2 aliphatic heterocycles. The molecule has 32 heavy (non-hydrogen) atoms. The number of ether oxygens (including phenoxy) is 2. The number of thiazole rings is 1. The van der Waals surface area contributed by atoms with Crippen LogP contribution in [-0.2, 0) is 9.53 Å². The minimum absolute atomic E-state index is 0.167. The fourth-order valence-electron chi connectivity index (χ4n) is 4.56. The Labute approximate surface area is 189 Å². The van der Waals surface area contributed by atoms with E-state index < -0.39 is 23.7 Å². The van der Waals surface area contributed by atoms with Gasteiger partial charge in [-0.15, -0.1) is 0 Å². The predicted molar refractivity (Wildman–Crippen MR) is 123 cm³/mol. The Bertz CT molecular complexity index is 1390. The highest BCUT2D eigenvalue weighted by Crippen LogP contribution is 2.47. The van der Waals surface area contributed by atoms with E-state index in [1.807, 2.05) is 42.5 Å². The molecule has 0 spiro atoms. The molecule has 2 bridgehead atoms. The van der Waals surface area contributed by atoms with Crippen LogP contribution in [0.3, 0.4) is 0 Å². The summed E-state index contributed by atoms with van der Waals surface area (Å²) >= 11 is 1.31. The van der Waals surface area contributed by atoms with Crippen molar-refractivity contribution in [3.8, 4) is 5.75 Å². The fourth-order valence-corrected chi connectivity index (χ4v) is 5.66. The maximum absolute atomic E-state index is 13.6. The van der Waals surface area contributed by atoms with Crippen LogP contribution in [0.15, 0.2) is 58.3 Å². The van der Waals surface area contributed by atoms with Crippen LogP contribution in [0.5, 0.6) is 5.75 Å². The first-order valence-corrected chi connectivity index (χ1v) is 11.4. The quantitative estimate of drug-likeness (QED) is 0.578. The molecule has 0 fully saturated rings. The van der Waals surface area contributed by atoms with Crippen molar-refractivity contribution in [2.75, 3.05) is 7.11 Å². The highest BCUT2D eigenvalue weighted by molar-refractivity contribution is 7.07. The van der Waals surface area contributed by atoms with Crippen LogP contribution < -0.4 is 19.6 Å². The van der Waals surface area contributed by atoms with Gasteiger partial charge in [-0.3, -0.25) is 14.2 Å². The van der Waals surface area contributed by atoms with E-state index in [4.69, 9.17) is 14.5 Å². The van der Waals surface area contributed by atoms with Gasteiger partial charge in [0.05, 0.1) is 17.7 Å². The molecule has 0 saturated heterocycles. The molecule has 7 heteroatoms. The molecule has 5 rings (SSSR count). The summed E-state index contributed by atoms with van der Waals surface area (Å²) in [7, 11) is 1.35. The van der Waals surface area contributed by atoms with E-state index in [-0.39, 0.29) is 5.56 Å². The van der Waals surface area contributed by atoms with Crippen LogP contribution >= 0.6 is 11.3 Å². The molecular weight excluding hydrogens is 424 g/mol. The van der Waals surface area contributed by atoms with Gasteiger partial charge in [-0.2, -0.15) is 0 Å². The summed E-state index contributed by atoms with van der Waals surface area (Å²) in [5, 5.41) is 0. The topological polar surface area (TPSA) is 69.9 Å². The van der Waals surface area contributed by atoms with Crippen LogP contribution in [0.2, 0.25) is 0 Å². The van der Waals surface area contributed by atoms with Crippen molar-refractivity contribution in [2.24, 2.45) is 10.9 Å². The highest BCUT2D eigenvalue weighted by Gasteiger charge is 2.55. The number of carbonyl (C=O) groups excluding carboxylic acids is 1. The third-order valence-electron chi connectivity index (χ3n) is 6.24. The number of benzene rings is 2. The van der Waals surface area contributed by atoms with Crippen molar-refractivity contribution in [1.29, 1.82) is 0 Å². The predicted octanol–water partition coefficient (Wildman–Crippen LogP) is 2.98. The summed E-state index contributed by atoms with van der Waals surface area (Å²) in [6.45, 7) is 6.07.